The Morgan fingerprint density at radius 3 is 2.60 bits per heavy atom. The lowest BCUT2D eigenvalue weighted by atomic mass is 10.3. The molecular formula is C19H21N5O4S2. The molecule has 1 aliphatic heterocycles. The SMILES string of the molecule is CCOC(=O)N1CCN(C(=O)Cn2nc(-c3cccs3)c3sc(C)nc3c2=O)CC1. The molecule has 0 atom stereocenters. The van der Waals surface area contributed by atoms with Gasteiger partial charge in [0.25, 0.3) is 5.56 Å². The van der Waals surface area contributed by atoms with Crippen molar-refractivity contribution in [1.29, 1.82) is 0 Å². The monoisotopic (exact) mass is 447 g/mol. The molecule has 0 aliphatic carbocycles. The van der Waals surface area contributed by atoms with Crippen molar-refractivity contribution in [2.24, 2.45) is 0 Å². The summed E-state index contributed by atoms with van der Waals surface area (Å²) in [5.74, 6) is -0.212. The molecule has 4 rings (SSSR count). The summed E-state index contributed by atoms with van der Waals surface area (Å²) in [5, 5.41) is 7.23. The van der Waals surface area contributed by atoms with Gasteiger partial charge in [0.15, 0.2) is 5.52 Å². The fraction of sp³-hybridized carbons (Fsp3) is 0.421. The summed E-state index contributed by atoms with van der Waals surface area (Å²) in [6, 6.07) is 3.86. The number of rotatable bonds is 4. The number of fused-ring (bicyclic) bond motifs is 1. The Morgan fingerprint density at radius 1 is 1.20 bits per heavy atom. The first-order valence-electron chi connectivity index (χ1n) is 9.59. The van der Waals surface area contributed by atoms with Gasteiger partial charge in [0.05, 0.1) is 21.2 Å². The molecule has 1 aliphatic rings. The van der Waals surface area contributed by atoms with Crippen molar-refractivity contribution in [1.82, 2.24) is 24.6 Å². The van der Waals surface area contributed by atoms with Gasteiger partial charge >= 0.3 is 6.09 Å². The average molecular weight is 448 g/mol. The first kappa shape index (κ1) is 20.5. The minimum atomic E-state index is -0.368. The number of thiophene rings is 1. The van der Waals surface area contributed by atoms with Crippen LogP contribution >= 0.6 is 22.7 Å². The summed E-state index contributed by atoms with van der Waals surface area (Å²) >= 11 is 2.95. The Labute approximate surface area is 180 Å². The predicted octanol–water partition coefficient (Wildman–Crippen LogP) is 2.19. The molecule has 4 heterocycles. The second-order valence-corrected chi connectivity index (χ2v) is 8.92. The van der Waals surface area contributed by atoms with Gasteiger partial charge in [-0.15, -0.1) is 22.7 Å². The van der Waals surface area contributed by atoms with Gasteiger partial charge < -0.3 is 14.5 Å². The lowest BCUT2D eigenvalue weighted by molar-refractivity contribution is -0.133. The lowest BCUT2D eigenvalue weighted by Gasteiger charge is -2.34. The molecule has 0 bridgehead atoms. The third-order valence-corrected chi connectivity index (χ3v) is 6.66. The third-order valence-electron chi connectivity index (χ3n) is 4.80. The summed E-state index contributed by atoms with van der Waals surface area (Å²) in [7, 11) is 0. The highest BCUT2D eigenvalue weighted by Crippen LogP contribution is 2.31. The Kier molecular flexibility index (Phi) is 5.82. The standard InChI is InChI=1S/C19H21N5O4S2/c1-3-28-19(27)23-8-6-22(7-9-23)14(25)11-24-18(26)16-17(30-12(2)20-16)15(21-24)13-5-4-10-29-13/h4-5,10H,3,6-9,11H2,1-2H3. The quantitative estimate of drug-likeness (QED) is 0.608. The number of hydrogen-bond acceptors (Lipinski definition) is 8. The van der Waals surface area contributed by atoms with Gasteiger partial charge in [0.2, 0.25) is 5.91 Å². The molecule has 1 saturated heterocycles. The van der Waals surface area contributed by atoms with E-state index in [9.17, 15) is 14.4 Å². The summed E-state index contributed by atoms with van der Waals surface area (Å²) in [6.45, 7) is 5.34. The maximum absolute atomic E-state index is 12.9. The van der Waals surface area contributed by atoms with Gasteiger partial charge in [-0.05, 0) is 25.3 Å². The van der Waals surface area contributed by atoms with Crippen LogP contribution in [0.15, 0.2) is 22.3 Å². The molecule has 0 radical (unpaired) electrons. The Bertz CT molecular complexity index is 1130. The van der Waals surface area contributed by atoms with Crippen molar-refractivity contribution in [3.05, 3.63) is 32.9 Å². The van der Waals surface area contributed by atoms with Crippen LogP contribution in [0, 0.1) is 6.92 Å². The zero-order valence-electron chi connectivity index (χ0n) is 16.7. The van der Waals surface area contributed by atoms with Crippen molar-refractivity contribution in [2.75, 3.05) is 32.8 Å². The highest BCUT2D eigenvalue weighted by molar-refractivity contribution is 7.20. The zero-order chi connectivity index (χ0) is 21.3. The van der Waals surface area contributed by atoms with Gasteiger partial charge in [0.1, 0.15) is 12.2 Å². The van der Waals surface area contributed by atoms with Gasteiger partial charge in [-0.25, -0.2) is 14.5 Å². The molecular weight excluding hydrogens is 426 g/mol. The first-order chi connectivity index (χ1) is 14.5. The molecule has 3 aromatic rings. The van der Waals surface area contributed by atoms with Gasteiger partial charge in [-0.3, -0.25) is 9.59 Å². The average Bonchev–Trinajstić information content (AvgIpc) is 3.40. The molecule has 158 valence electrons. The third kappa shape index (κ3) is 3.94. The summed E-state index contributed by atoms with van der Waals surface area (Å²) in [4.78, 5) is 46.1. The number of piperazine rings is 1. The largest absolute Gasteiger partial charge is 0.450 e. The predicted molar refractivity (Wildman–Crippen MR) is 115 cm³/mol. The van der Waals surface area contributed by atoms with Crippen LogP contribution in [0.25, 0.3) is 20.8 Å². The van der Waals surface area contributed by atoms with Gasteiger partial charge in [0, 0.05) is 26.2 Å². The van der Waals surface area contributed by atoms with E-state index >= 15 is 0 Å². The fourth-order valence-corrected chi connectivity index (χ4v) is 5.02. The number of aromatic nitrogens is 3. The van der Waals surface area contributed by atoms with Crippen LogP contribution in [0.5, 0.6) is 0 Å². The van der Waals surface area contributed by atoms with Crippen molar-refractivity contribution >= 4 is 44.9 Å². The summed E-state index contributed by atoms with van der Waals surface area (Å²) in [5.41, 5.74) is 0.647. The van der Waals surface area contributed by atoms with Crippen molar-refractivity contribution in [2.45, 2.75) is 20.4 Å². The molecule has 0 aromatic carbocycles. The normalized spacial score (nSPS) is 14.3. The molecule has 30 heavy (non-hydrogen) atoms. The van der Waals surface area contributed by atoms with Crippen LogP contribution in [-0.2, 0) is 16.1 Å². The highest BCUT2D eigenvalue weighted by atomic mass is 32.1. The molecule has 0 spiro atoms. The number of nitrogens with zero attached hydrogens (tertiary/aromatic N) is 5. The second-order valence-electron chi connectivity index (χ2n) is 6.77. The maximum atomic E-state index is 12.9. The van der Waals surface area contributed by atoms with Crippen LogP contribution in [-0.4, -0.2) is 69.4 Å². The Morgan fingerprint density at radius 2 is 1.93 bits per heavy atom. The number of hydrogen-bond donors (Lipinski definition) is 0. The molecule has 3 aromatic heterocycles. The minimum Gasteiger partial charge on any atom is -0.450 e. The van der Waals surface area contributed by atoms with Crippen LogP contribution in [0.3, 0.4) is 0 Å². The molecule has 11 heteroatoms. The van der Waals surface area contributed by atoms with Crippen molar-refractivity contribution in [3.63, 3.8) is 0 Å². The van der Waals surface area contributed by atoms with Gasteiger partial charge in [-0.1, -0.05) is 6.07 Å². The number of carbonyl (C=O) groups is 2. The van der Waals surface area contributed by atoms with E-state index in [4.69, 9.17) is 4.74 Å². The number of aryl methyl sites for hydroxylation is 1. The van der Waals surface area contributed by atoms with E-state index in [-0.39, 0.29) is 24.1 Å². The maximum Gasteiger partial charge on any atom is 0.409 e. The lowest BCUT2D eigenvalue weighted by Crippen LogP contribution is -2.51. The molecule has 2 amide bonds. The fourth-order valence-electron chi connectivity index (χ4n) is 3.33. The van der Waals surface area contributed by atoms with Crippen molar-refractivity contribution in [3.8, 4) is 10.6 Å². The topological polar surface area (TPSA) is 97.6 Å². The van der Waals surface area contributed by atoms with Crippen LogP contribution in [0.1, 0.15) is 11.9 Å². The molecule has 0 saturated carbocycles. The Balaban J connectivity index is 1.56. The number of ether oxygens (including phenoxy) is 1. The highest BCUT2D eigenvalue weighted by Gasteiger charge is 2.26. The van der Waals surface area contributed by atoms with Gasteiger partial charge in [-0.2, -0.15) is 5.10 Å². The molecule has 0 unspecified atom stereocenters. The van der Waals surface area contributed by atoms with Crippen LogP contribution in [0.4, 0.5) is 4.79 Å². The minimum absolute atomic E-state index is 0.164. The van der Waals surface area contributed by atoms with E-state index < -0.39 is 0 Å². The Hall–Kier alpha value is -2.79. The second kappa shape index (κ2) is 8.52. The number of carbonyl (C=O) groups excluding carboxylic acids is 2. The van der Waals surface area contributed by atoms with Crippen LogP contribution in [0.2, 0.25) is 0 Å². The van der Waals surface area contributed by atoms with E-state index in [0.717, 1.165) is 14.6 Å². The number of amides is 2. The first-order valence-corrected chi connectivity index (χ1v) is 11.3. The van der Waals surface area contributed by atoms with E-state index in [0.29, 0.717) is 44.0 Å². The van der Waals surface area contributed by atoms with Crippen LogP contribution < -0.4 is 5.56 Å². The van der Waals surface area contributed by atoms with E-state index in [2.05, 4.69) is 10.1 Å². The molecule has 0 N–H and O–H groups in total. The molecule has 9 nitrogen and oxygen atoms in total. The zero-order valence-corrected chi connectivity index (χ0v) is 18.3. The summed E-state index contributed by atoms with van der Waals surface area (Å²) < 4.78 is 6.95. The van der Waals surface area contributed by atoms with E-state index in [1.807, 2.05) is 24.4 Å². The van der Waals surface area contributed by atoms with E-state index in [1.165, 1.54) is 27.4 Å². The smallest absolute Gasteiger partial charge is 0.409 e. The van der Waals surface area contributed by atoms with Crippen molar-refractivity contribution < 1.29 is 14.3 Å². The number of thiazole rings is 1. The van der Waals surface area contributed by atoms with E-state index in [1.54, 1.807) is 16.7 Å². The summed E-state index contributed by atoms with van der Waals surface area (Å²) in [6.07, 6.45) is -0.368. The molecule has 1 fully saturated rings.